The molecule has 0 aromatic heterocycles. The molecular formula is C42H48Cl2SiZr-2. The average Bonchev–Trinajstić information content (AvgIpc) is 3.56. The molecule has 6 rings (SSSR count). The van der Waals surface area contributed by atoms with Crippen molar-refractivity contribution in [1.82, 2.24) is 0 Å². The molecule has 0 N–H and O–H groups in total. The monoisotopic (exact) mass is 740 g/mol. The SMILES string of the molecule is C[Si](C)=[Zr+2].Cc1cc(-c2ccc(C(C)(C)C)cc2)c2cc(C)[cH-]c2c1.Cc1ccccc1-c1cccc2[cH-]c(C(C)C)cc12.[Cl-].[Cl-]. The van der Waals surface area contributed by atoms with Crippen molar-refractivity contribution in [1.29, 1.82) is 0 Å². The van der Waals surface area contributed by atoms with E-state index in [4.69, 9.17) is 0 Å². The van der Waals surface area contributed by atoms with Gasteiger partial charge in [0.15, 0.2) is 0 Å². The normalized spacial score (nSPS) is 10.8. The molecule has 240 valence electrons. The van der Waals surface area contributed by atoms with Crippen LogP contribution in [-0.4, -0.2) is 5.43 Å². The minimum absolute atomic E-state index is 0. The van der Waals surface area contributed by atoms with Crippen LogP contribution in [0.25, 0.3) is 43.8 Å². The fraction of sp³-hybridized carbons (Fsp3) is 0.286. The van der Waals surface area contributed by atoms with Gasteiger partial charge in [0.2, 0.25) is 0 Å². The van der Waals surface area contributed by atoms with Crippen LogP contribution < -0.4 is 24.8 Å². The molecule has 0 aliphatic rings. The summed E-state index contributed by atoms with van der Waals surface area (Å²) in [6.07, 6.45) is 0. The van der Waals surface area contributed by atoms with Gasteiger partial charge in [-0.2, -0.15) is 12.1 Å². The van der Waals surface area contributed by atoms with Crippen molar-refractivity contribution < 1.29 is 48.1 Å². The molecule has 0 radical (unpaired) electrons. The second-order valence-corrected chi connectivity index (χ2v) is 23.1. The van der Waals surface area contributed by atoms with Crippen LogP contribution in [0.2, 0.25) is 13.1 Å². The average molecular weight is 743 g/mol. The fourth-order valence-corrected chi connectivity index (χ4v) is 5.71. The van der Waals surface area contributed by atoms with E-state index < -0.39 is 0 Å². The second kappa shape index (κ2) is 17.3. The number of benzene rings is 4. The van der Waals surface area contributed by atoms with E-state index in [0.29, 0.717) is 5.92 Å². The number of aryl methyl sites for hydroxylation is 3. The van der Waals surface area contributed by atoms with Crippen LogP contribution in [0, 0.1) is 20.8 Å². The van der Waals surface area contributed by atoms with Crippen molar-refractivity contribution in [2.75, 3.05) is 0 Å². The molecule has 0 spiro atoms. The maximum absolute atomic E-state index is 2.35. The Kier molecular flexibility index (Phi) is 15.0. The quantitative estimate of drug-likeness (QED) is 0.142. The summed E-state index contributed by atoms with van der Waals surface area (Å²) in [6.45, 7) is 22.4. The summed E-state index contributed by atoms with van der Waals surface area (Å²) in [5, 5.41) is 5.44. The van der Waals surface area contributed by atoms with E-state index in [1.165, 1.54) is 71.6 Å². The zero-order valence-electron chi connectivity index (χ0n) is 29.1. The van der Waals surface area contributed by atoms with Gasteiger partial charge in [0, 0.05) is 0 Å². The Bertz CT molecular complexity index is 1880. The summed E-state index contributed by atoms with van der Waals surface area (Å²) in [5.74, 6) is 0.581. The van der Waals surface area contributed by atoms with Gasteiger partial charge in [0.1, 0.15) is 0 Å². The summed E-state index contributed by atoms with van der Waals surface area (Å²) in [4.78, 5) is 0. The molecule has 6 aromatic rings. The van der Waals surface area contributed by atoms with Gasteiger partial charge >= 0.3 is 41.9 Å². The molecule has 0 nitrogen and oxygen atoms in total. The van der Waals surface area contributed by atoms with Crippen LogP contribution in [0.4, 0.5) is 0 Å². The molecule has 0 unspecified atom stereocenters. The molecule has 0 saturated carbocycles. The summed E-state index contributed by atoms with van der Waals surface area (Å²) in [5.41, 5.74) is 12.6. The van der Waals surface area contributed by atoms with Gasteiger partial charge in [-0.15, -0.1) is 63.0 Å². The molecule has 0 amide bonds. The van der Waals surface area contributed by atoms with Crippen LogP contribution in [0.3, 0.4) is 0 Å². The number of halogens is 2. The largest absolute Gasteiger partial charge is 1.00 e. The topological polar surface area (TPSA) is 0 Å². The first kappa shape index (κ1) is 40.0. The van der Waals surface area contributed by atoms with E-state index in [1.54, 1.807) is 23.3 Å². The summed E-state index contributed by atoms with van der Waals surface area (Å²) in [6, 6.07) is 38.1. The first-order chi connectivity index (χ1) is 20.7. The standard InChI is InChI=1S/C21H23.C19H19.C2H6Si.2ClH.Zr/c1-14-10-17-11-15(2)13-20(17)19(12-14)16-6-8-18(9-7-16)21(3,4)5;1-13(2)16-11-15-8-6-10-18(19(15)12-16)17-9-5-4-7-14(17)3;1-3-2;;;/h6-13H,1-5H3;4-13H,1-3H3;1-2H3;2*1H;/q2*-1;;;;+2/p-2. The van der Waals surface area contributed by atoms with Crippen molar-refractivity contribution in [3.63, 3.8) is 0 Å². The minimum Gasteiger partial charge on any atom is -1.00 e. The fourth-order valence-electron chi connectivity index (χ4n) is 5.71. The van der Waals surface area contributed by atoms with E-state index in [1.807, 2.05) is 0 Å². The first-order valence-electron chi connectivity index (χ1n) is 15.8. The summed E-state index contributed by atoms with van der Waals surface area (Å²) >= 11 is 1.74. The molecular weight excluding hydrogens is 695 g/mol. The second-order valence-electron chi connectivity index (χ2n) is 13.7. The predicted octanol–water partition coefficient (Wildman–Crippen LogP) is 6.59. The Morgan fingerprint density at radius 1 is 0.652 bits per heavy atom. The zero-order valence-corrected chi connectivity index (χ0v) is 34.1. The van der Waals surface area contributed by atoms with Crippen molar-refractivity contribution >= 4 is 27.0 Å². The predicted molar refractivity (Wildman–Crippen MR) is 194 cm³/mol. The van der Waals surface area contributed by atoms with Crippen molar-refractivity contribution in [2.45, 2.75) is 79.8 Å². The van der Waals surface area contributed by atoms with Crippen LogP contribution in [0.5, 0.6) is 0 Å². The zero-order chi connectivity index (χ0) is 32.2. The van der Waals surface area contributed by atoms with Gasteiger partial charge < -0.3 is 24.8 Å². The van der Waals surface area contributed by atoms with Gasteiger partial charge in [0.25, 0.3) is 0 Å². The molecule has 0 fully saturated rings. The van der Waals surface area contributed by atoms with Gasteiger partial charge in [-0.05, 0) is 47.4 Å². The maximum atomic E-state index is 2.35. The molecule has 6 aromatic carbocycles. The van der Waals surface area contributed by atoms with Gasteiger partial charge in [-0.25, -0.2) is 0 Å². The molecule has 4 heteroatoms. The molecule has 0 atom stereocenters. The molecule has 0 aliphatic heterocycles. The Morgan fingerprint density at radius 2 is 1.24 bits per heavy atom. The Balaban J connectivity index is 0.000000277. The van der Waals surface area contributed by atoms with Gasteiger partial charge in [-0.1, -0.05) is 119 Å². The van der Waals surface area contributed by atoms with Crippen LogP contribution in [0.1, 0.15) is 68.4 Å². The first-order valence-corrected chi connectivity index (χ1v) is 22.0. The van der Waals surface area contributed by atoms with Crippen LogP contribution in [-0.2, 0) is 28.8 Å². The molecule has 0 heterocycles. The Labute approximate surface area is 306 Å². The smallest absolute Gasteiger partial charge is 0.0132 e. The molecule has 0 saturated heterocycles. The number of hydrogen-bond acceptors (Lipinski definition) is 0. The third kappa shape index (κ3) is 10.1. The van der Waals surface area contributed by atoms with E-state index in [-0.39, 0.29) is 35.7 Å². The van der Waals surface area contributed by atoms with Crippen molar-refractivity contribution in [2.24, 2.45) is 0 Å². The Morgan fingerprint density at radius 3 is 1.83 bits per heavy atom. The molecule has 0 bridgehead atoms. The van der Waals surface area contributed by atoms with E-state index in [2.05, 4.69) is 172 Å². The summed E-state index contributed by atoms with van der Waals surface area (Å²) in [7, 11) is 0. The maximum Gasteiger partial charge on any atom is -0.0132 e. The third-order valence-corrected chi connectivity index (χ3v) is 8.05. The van der Waals surface area contributed by atoms with Gasteiger partial charge in [0.05, 0.1) is 0 Å². The minimum atomic E-state index is 0. The number of hydrogen-bond donors (Lipinski definition) is 0. The van der Waals surface area contributed by atoms with Crippen LogP contribution in [0.15, 0.2) is 103 Å². The molecule has 0 aliphatic carbocycles. The van der Waals surface area contributed by atoms with E-state index >= 15 is 0 Å². The van der Waals surface area contributed by atoms with E-state index in [9.17, 15) is 0 Å². The van der Waals surface area contributed by atoms with E-state index in [0.717, 1.165) is 0 Å². The molecule has 46 heavy (non-hydrogen) atoms. The van der Waals surface area contributed by atoms with Crippen molar-refractivity contribution in [3.8, 4) is 22.3 Å². The third-order valence-electron chi connectivity index (χ3n) is 8.05. The summed E-state index contributed by atoms with van der Waals surface area (Å²) < 4.78 is 0. The number of rotatable bonds is 3. The number of fused-ring (bicyclic) bond motifs is 2. The van der Waals surface area contributed by atoms with Crippen molar-refractivity contribution in [3.05, 3.63) is 131 Å². The van der Waals surface area contributed by atoms with Crippen LogP contribution >= 0.6 is 0 Å². The Hall–Kier alpha value is -2.22. The van der Waals surface area contributed by atoms with Gasteiger partial charge in [-0.3, -0.25) is 0 Å².